The maximum atomic E-state index is 12.6. The lowest BCUT2D eigenvalue weighted by molar-refractivity contribution is -0.140. The minimum absolute atomic E-state index is 0.0859. The van der Waals surface area contributed by atoms with Gasteiger partial charge < -0.3 is 10.0 Å². The van der Waals surface area contributed by atoms with E-state index < -0.39 is 16.8 Å². The van der Waals surface area contributed by atoms with Crippen molar-refractivity contribution in [1.82, 2.24) is 4.90 Å². The topological polar surface area (TPSA) is 57.6 Å². The molecule has 0 spiro atoms. The van der Waals surface area contributed by atoms with E-state index in [1.54, 1.807) is 19.1 Å². The Morgan fingerprint density at radius 1 is 1.03 bits per heavy atom. The lowest BCUT2D eigenvalue weighted by Gasteiger charge is -2.41. The third-order valence-electron chi connectivity index (χ3n) is 7.03. The summed E-state index contributed by atoms with van der Waals surface area (Å²) in [6.45, 7) is 4.06. The van der Waals surface area contributed by atoms with Crippen LogP contribution in [0.1, 0.15) is 37.3 Å². The van der Waals surface area contributed by atoms with Crippen LogP contribution >= 0.6 is 11.6 Å². The summed E-state index contributed by atoms with van der Waals surface area (Å²) in [5.41, 5.74) is 0.707. The number of carboxylic acids is 1. The molecule has 1 aliphatic heterocycles. The molecule has 1 saturated carbocycles. The number of hydrogen-bond acceptors (Lipinski definition) is 3. The SMILES string of the molecule is CC(=O)C1(c2ccccc2)CCN(CC2CC2(C(=O)O)c2ccc(Cl)cc2)CC1. The number of aliphatic carboxylic acids is 1. The number of rotatable bonds is 6. The first-order valence-electron chi connectivity index (χ1n) is 10.2. The number of hydrogen-bond donors (Lipinski definition) is 1. The number of benzene rings is 2. The summed E-state index contributed by atoms with van der Waals surface area (Å²) >= 11 is 5.97. The molecule has 2 unspecified atom stereocenters. The molecular weight excluding hydrogens is 386 g/mol. The Bertz CT molecular complexity index is 903. The second-order valence-electron chi connectivity index (χ2n) is 8.49. The fourth-order valence-corrected chi connectivity index (χ4v) is 5.19. The van der Waals surface area contributed by atoms with Gasteiger partial charge in [0.2, 0.25) is 0 Å². The molecule has 2 aromatic carbocycles. The van der Waals surface area contributed by atoms with Gasteiger partial charge in [0.15, 0.2) is 0 Å². The van der Waals surface area contributed by atoms with E-state index in [1.165, 1.54) is 0 Å². The average molecular weight is 412 g/mol. The third kappa shape index (κ3) is 3.49. The fourth-order valence-electron chi connectivity index (χ4n) is 5.07. The van der Waals surface area contributed by atoms with Crippen LogP contribution in [0.3, 0.4) is 0 Å². The predicted octanol–water partition coefficient (Wildman–Crippen LogP) is 4.31. The first-order chi connectivity index (χ1) is 13.9. The number of carbonyl (C=O) groups is 2. The molecule has 2 atom stereocenters. The molecule has 5 heteroatoms. The fraction of sp³-hybridized carbons (Fsp3) is 0.417. The molecule has 152 valence electrons. The van der Waals surface area contributed by atoms with E-state index in [2.05, 4.69) is 4.90 Å². The smallest absolute Gasteiger partial charge is 0.314 e. The summed E-state index contributed by atoms with van der Waals surface area (Å²) in [6.07, 6.45) is 2.21. The van der Waals surface area contributed by atoms with Gasteiger partial charge in [-0.2, -0.15) is 0 Å². The predicted molar refractivity (Wildman–Crippen MR) is 113 cm³/mol. The van der Waals surface area contributed by atoms with E-state index >= 15 is 0 Å². The van der Waals surface area contributed by atoms with E-state index in [0.29, 0.717) is 11.4 Å². The van der Waals surface area contributed by atoms with E-state index in [-0.39, 0.29) is 11.7 Å². The van der Waals surface area contributed by atoms with Crippen LogP contribution in [0.15, 0.2) is 54.6 Å². The normalized spacial score (nSPS) is 26.1. The van der Waals surface area contributed by atoms with E-state index in [4.69, 9.17) is 11.6 Å². The highest BCUT2D eigenvalue weighted by Gasteiger charge is 2.61. The second kappa shape index (κ2) is 7.58. The third-order valence-corrected chi connectivity index (χ3v) is 7.29. The Morgan fingerprint density at radius 2 is 1.66 bits per heavy atom. The minimum atomic E-state index is -0.806. The van der Waals surface area contributed by atoms with Gasteiger partial charge in [-0.05, 0) is 68.5 Å². The van der Waals surface area contributed by atoms with Crippen molar-refractivity contribution in [2.45, 2.75) is 37.0 Å². The van der Waals surface area contributed by atoms with Crippen molar-refractivity contribution < 1.29 is 14.7 Å². The molecule has 4 nitrogen and oxygen atoms in total. The van der Waals surface area contributed by atoms with Gasteiger partial charge >= 0.3 is 5.97 Å². The van der Waals surface area contributed by atoms with Crippen molar-refractivity contribution in [1.29, 1.82) is 0 Å². The molecule has 2 aliphatic rings. The van der Waals surface area contributed by atoms with Crippen molar-refractivity contribution in [2.24, 2.45) is 5.92 Å². The molecule has 0 bridgehead atoms. The van der Waals surface area contributed by atoms with Gasteiger partial charge in [0.1, 0.15) is 5.78 Å². The zero-order valence-electron chi connectivity index (χ0n) is 16.6. The highest BCUT2D eigenvalue weighted by atomic mass is 35.5. The maximum Gasteiger partial charge on any atom is 0.314 e. The molecule has 1 heterocycles. The summed E-state index contributed by atoms with van der Waals surface area (Å²) in [5, 5.41) is 10.5. The molecule has 0 radical (unpaired) electrons. The summed E-state index contributed by atoms with van der Waals surface area (Å²) in [6, 6.07) is 17.3. The quantitative estimate of drug-likeness (QED) is 0.769. The largest absolute Gasteiger partial charge is 0.481 e. The van der Waals surface area contributed by atoms with E-state index in [0.717, 1.165) is 43.6 Å². The van der Waals surface area contributed by atoms with Crippen LogP contribution in [-0.2, 0) is 20.4 Å². The molecule has 0 aromatic heterocycles. The van der Waals surface area contributed by atoms with Crippen molar-refractivity contribution >= 4 is 23.4 Å². The van der Waals surface area contributed by atoms with Gasteiger partial charge in [-0.15, -0.1) is 0 Å². The summed E-state index contributed by atoms with van der Waals surface area (Å²) in [7, 11) is 0. The molecule has 0 amide bonds. The Morgan fingerprint density at radius 3 is 2.21 bits per heavy atom. The summed E-state index contributed by atoms with van der Waals surface area (Å²) in [5.74, 6) is -0.456. The maximum absolute atomic E-state index is 12.6. The number of ketones is 1. The van der Waals surface area contributed by atoms with Crippen LogP contribution in [0.5, 0.6) is 0 Å². The van der Waals surface area contributed by atoms with Gasteiger partial charge in [-0.3, -0.25) is 9.59 Å². The van der Waals surface area contributed by atoms with Crippen molar-refractivity contribution in [2.75, 3.05) is 19.6 Å². The van der Waals surface area contributed by atoms with Gasteiger partial charge in [0.25, 0.3) is 0 Å². The van der Waals surface area contributed by atoms with E-state index in [1.807, 2.05) is 42.5 Å². The highest BCUT2D eigenvalue weighted by molar-refractivity contribution is 6.30. The number of carbonyl (C=O) groups excluding carboxylic acids is 1. The van der Waals surface area contributed by atoms with Gasteiger partial charge in [-0.25, -0.2) is 0 Å². The van der Waals surface area contributed by atoms with Crippen LogP contribution in [0.2, 0.25) is 5.02 Å². The van der Waals surface area contributed by atoms with Crippen LogP contribution in [-0.4, -0.2) is 41.4 Å². The Labute approximate surface area is 176 Å². The average Bonchev–Trinajstić information content (AvgIpc) is 3.45. The molecule has 4 rings (SSSR count). The second-order valence-corrected chi connectivity index (χ2v) is 8.93. The number of nitrogens with zero attached hydrogens (tertiary/aromatic N) is 1. The monoisotopic (exact) mass is 411 g/mol. The molecular formula is C24H26ClNO3. The zero-order valence-corrected chi connectivity index (χ0v) is 17.4. The number of carboxylic acid groups (broad SMARTS) is 1. The lowest BCUT2D eigenvalue weighted by Crippen LogP contribution is -2.47. The number of likely N-dealkylation sites (tertiary alicyclic amines) is 1. The van der Waals surface area contributed by atoms with E-state index in [9.17, 15) is 14.7 Å². The van der Waals surface area contributed by atoms with Crippen molar-refractivity contribution in [3.63, 3.8) is 0 Å². The van der Waals surface area contributed by atoms with Crippen LogP contribution in [0.25, 0.3) is 0 Å². The molecule has 2 aromatic rings. The Balaban J connectivity index is 1.45. The molecule has 1 aliphatic carbocycles. The number of Topliss-reactive ketones (excluding diaryl/α,β-unsaturated/α-hetero) is 1. The molecule has 1 N–H and O–H groups in total. The van der Waals surface area contributed by atoms with Gasteiger partial charge in [0, 0.05) is 11.6 Å². The number of piperidine rings is 1. The molecule has 1 saturated heterocycles. The molecule has 2 fully saturated rings. The zero-order chi connectivity index (χ0) is 20.6. The number of halogens is 1. The van der Waals surface area contributed by atoms with Crippen LogP contribution in [0, 0.1) is 5.92 Å². The highest BCUT2D eigenvalue weighted by Crippen LogP contribution is 2.55. The standard InChI is InChI=1S/C24H26ClNO3/c1-17(27)23(18-5-3-2-4-6-18)11-13-26(14-12-23)16-20-15-24(20,22(28)29)19-7-9-21(25)10-8-19/h2-10,20H,11-16H2,1H3,(H,28,29). The van der Waals surface area contributed by atoms with Crippen LogP contribution < -0.4 is 0 Å². The first kappa shape index (κ1) is 20.1. The Hall–Kier alpha value is -2.17. The summed E-state index contributed by atoms with van der Waals surface area (Å²) in [4.78, 5) is 27.0. The van der Waals surface area contributed by atoms with Crippen molar-refractivity contribution in [3.05, 3.63) is 70.7 Å². The van der Waals surface area contributed by atoms with Gasteiger partial charge in [0.05, 0.1) is 10.8 Å². The van der Waals surface area contributed by atoms with Crippen molar-refractivity contribution in [3.8, 4) is 0 Å². The minimum Gasteiger partial charge on any atom is -0.481 e. The first-order valence-corrected chi connectivity index (χ1v) is 10.5. The van der Waals surface area contributed by atoms with Gasteiger partial charge in [-0.1, -0.05) is 54.1 Å². The lowest BCUT2D eigenvalue weighted by atomic mass is 9.70. The molecule has 29 heavy (non-hydrogen) atoms. The van der Waals surface area contributed by atoms with Crippen LogP contribution in [0.4, 0.5) is 0 Å². The Kier molecular flexibility index (Phi) is 5.26. The summed E-state index contributed by atoms with van der Waals surface area (Å²) < 4.78 is 0.